The number of likely N-dealkylation sites (tertiary alicyclic amines) is 1. The van der Waals surface area contributed by atoms with Gasteiger partial charge in [-0.1, -0.05) is 44.2 Å². The van der Waals surface area contributed by atoms with Crippen LogP contribution in [0.15, 0.2) is 30.3 Å². The number of nitrogens with zero attached hydrogens (tertiary/aromatic N) is 2. The van der Waals surface area contributed by atoms with Crippen molar-refractivity contribution in [3.05, 3.63) is 35.9 Å². The third-order valence-electron chi connectivity index (χ3n) is 11.6. The Morgan fingerprint density at radius 3 is 2.55 bits per heavy atom. The molecule has 3 saturated carbocycles. The summed E-state index contributed by atoms with van der Waals surface area (Å²) >= 11 is 0. The van der Waals surface area contributed by atoms with E-state index in [0.29, 0.717) is 57.5 Å². The Balaban J connectivity index is 1.21. The highest BCUT2D eigenvalue weighted by molar-refractivity contribution is 6.47. The fourth-order valence-corrected chi connectivity index (χ4v) is 8.83. The standard InChI is InChI=1S/C33H49BN4O6/c1-32(2)23-19-26(32)33(3)27(20-23)43-34(44-33)28(13-7-11-22-9-5-4-6-10-22)36-30(40)24(25-12-8-14-38(25)31(35)41)21-29(39)37-15-17-42-18-16-37/h4-6,9-10,23-28H,7-8,11-21H2,1-3H3,(H2,35,41)(H,36,40)/t23-,24+,25?,26-,27+,28-,33-/m0/s1. The van der Waals surface area contributed by atoms with E-state index in [2.05, 4.69) is 38.2 Å². The molecule has 44 heavy (non-hydrogen) atoms. The minimum atomic E-state index is -0.719. The van der Waals surface area contributed by atoms with Gasteiger partial charge in [0.25, 0.3) is 0 Å². The molecule has 3 saturated heterocycles. The molecule has 1 aromatic rings. The zero-order chi connectivity index (χ0) is 31.1. The van der Waals surface area contributed by atoms with Crippen LogP contribution in [0.25, 0.3) is 0 Å². The molecule has 6 fully saturated rings. The number of primary amides is 1. The summed E-state index contributed by atoms with van der Waals surface area (Å²) in [5, 5.41) is 3.30. The molecular weight excluding hydrogens is 559 g/mol. The van der Waals surface area contributed by atoms with Gasteiger partial charge in [-0.15, -0.1) is 0 Å². The summed E-state index contributed by atoms with van der Waals surface area (Å²) in [6.45, 7) is 9.33. The summed E-state index contributed by atoms with van der Waals surface area (Å²) < 4.78 is 18.9. The number of amides is 4. The summed E-state index contributed by atoms with van der Waals surface area (Å²) in [4.78, 5) is 43.4. The highest BCUT2D eigenvalue weighted by Gasteiger charge is 2.68. The van der Waals surface area contributed by atoms with Gasteiger partial charge in [0, 0.05) is 32.1 Å². The van der Waals surface area contributed by atoms with Crippen LogP contribution in [-0.4, -0.2) is 91.3 Å². The van der Waals surface area contributed by atoms with Crippen molar-refractivity contribution in [2.75, 3.05) is 32.8 Å². The number of nitrogens with two attached hydrogens (primary N) is 1. The highest BCUT2D eigenvalue weighted by atomic mass is 16.7. The number of carbonyl (C=O) groups excluding carboxylic acids is 3. The fourth-order valence-electron chi connectivity index (χ4n) is 8.83. The number of nitrogens with one attached hydrogen (secondary N) is 1. The van der Waals surface area contributed by atoms with Gasteiger partial charge < -0.3 is 34.9 Å². The molecule has 0 radical (unpaired) electrons. The second kappa shape index (κ2) is 12.6. The summed E-state index contributed by atoms with van der Waals surface area (Å²) in [5.41, 5.74) is 6.80. The average molecular weight is 609 g/mol. The molecule has 3 heterocycles. The summed E-state index contributed by atoms with van der Waals surface area (Å²) in [7, 11) is -0.578. The summed E-state index contributed by atoms with van der Waals surface area (Å²) in [5.74, 6) is -0.422. The SMILES string of the molecule is CC1(C)[C@@H]2C[C@H]3OB([C@H](CCCc4ccccc4)NC(=O)[C@H](CC(=O)N4CCOCC4)C4CCCN4C(N)=O)O[C@@]3(C)[C@H]1C2. The number of rotatable bonds is 10. The van der Waals surface area contributed by atoms with E-state index >= 15 is 0 Å². The van der Waals surface area contributed by atoms with Gasteiger partial charge in [-0.2, -0.15) is 0 Å². The van der Waals surface area contributed by atoms with Gasteiger partial charge in [-0.25, -0.2) is 4.79 Å². The number of morpholine rings is 1. The molecule has 3 aliphatic heterocycles. The lowest BCUT2D eigenvalue weighted by atomic mass is 9.43. The number of urea groups is 1. The van der Waals surface area contributed by atoms with Crippen molar-refractivity contribution in [2.45, 2.75) is 95.8 Å². The van der Waals surface area contributed by atoms with E-state index in [9.17, 15) is 14.4 Å². The van der Waals surface area contributed by atoms with Crippen LogP contribution in [-0.2, 0) is 30.1 Å². The van der Waals surface area contributed by atoms with Crippen molar-refractivity contribution in [3.63, 3.8) is 0 Å². The minimum Gasteiger partial charge on any atom is -0.404 e. The van der Waals surface area contributed by atoms with Crippen LogP contribution in [0.3, 0.4) is 0 Å². The first-order chi connectivity index (χ1) is 21.1. The number of aryl methyl sites for hydroxylation is 1. The third-order valence-corrected chi connectivity index (χ3v) is 11.6. The minimum absolute atomic E-state index is 0.00307. The average Bonchev–Trinajstić information content (AvgIpc) is 3.64. The predicted octanol–water partition coefficient (Wildman–Crippen LogP) is 3.17. The number of benzene rings is 1. The largest absolute Gasteiger partial charge is 0.481 e. The maximum absolute atomic E-state index is 14.3. The lowest BCUT2D eigenvalue weighted by Gasteiger charge is -2.64. The van der Waals surface area contributed by atoms with Gasteiger partial charge in [0.05, 0.1) is 36.8 Å². The first-order valence-corrected chi connectivity index (χ1v) is 16.7. The quantitative estimate of drug-likeness (QED) is 0.394. The molecule has 6 aliphatic rings. The monoisotopic (exact) mass is 608 g/mol. The molecule has 3 aliphatic carbocycles. The van der Waals surface area contributed by atoms with E-state index in [4.69, 9.17) is 19.8 Å². The van der Waals surface area contributed by atoms with Crippen molar-refractivity contribution >= 4 is 25.0 Å². The van der Waals surface area contributed by atoms with Crippen molar-refractivity contribution in [1.82, 2.24) is 15.1 Å². The first kappa shape index (κ1) is 31.4. The van der Waals surface area contributed by atoms with Crippen LogP contribution in [0.2, 0.25) is 0 Å². The zero-order valence-corrected chi connectivity index (χ0v) is 26.5. The molecule has 11 heteroatoms. The van der Waals surface area contributed by atoms with Crippen molar-refractivity contribution < 1.29 is 28.4 Å². The van der Waals surface area contributed by atoms with Gasteiger partial charge in [0.1, 0.15) is 0 Å². The van der Waals surface area contributed by atoms with Crippen molar-refractivity contribution in [2.24, 2.45) is 28.9 Å². The van der Waals surface area contributed by atoms with Crippen molar-refractivity contribution in [1.29, 1.82) is 0 Å². The Morgan fingerprint density at radius 2 is 1.84 bits per heavy atom. The smallest absolute Gasteiger partial charge is 0.404 e. The molecule has 2 bridgehead atoms. The lowest BCUT2D eigenvalue weighted by Crippen LogP contribution is -2.65. The second-order valence-corrected chi connectivity index (χ2v) is 14.4. The predicted molar refractivity (Wildman–Crippen MR) is 166 cm³/mol. The number of hydrogen-bond acceptors (Lipinski definition) is 6. The van der Waals surface area contributed by atoms with E-state index in [1.807, 2.05) is 18.2 Å². The zero-order valence-electron chi connectivity index (χ0n) is 26.5. The van der Waals surface area contributed by atoms with Gasteiger partial charge in [0.15, 0.2) is 0 Å². The Hall–Kier alpha value is -2.63. The molecule has 1 unspecified atom stereocenters. The van der Waals surface area contributed by atoms with Crippen molar-refractivity contribution in [3.8, 4) is 0 Å². The molecule has 0 spiro atoms. The Bertz CT molecular complexity index is 1210. The molecule has 7 atom stereocenters. The van der Waals surface area contributed by atoms with Gasteiger partial charge in [-0.3, -0.25) is 9.59 Å². The van der Waals surface area contributed by atoms with Crippen LogP contribution in [0.4, 0.5) is 4.79 Å². The maximum Gasteiger partial charge on any atom is 0.481 e. The maximum atomic E-state index is 14.3. The van der Waals surface area contributed by atoms with Crippen LogP contribution >= 0.6 is 0 Å². The van der Waals surface area contributed by atoms with E-state index in [1.165, 1.54) is 5.56 Å². The van der Waals surface area contributed by atoms with Crippen LogP contribution in [0.5, 0.6) is 0 Å². The normalized spacial score (nSPS) is 32.0. The Morgan fingerprint density at radius 1 is 1.09 bits per heavy atom. The van der Waals surface area contributed by atoms with Crippen LogP contribution in [0.1, 0.15) is 71.3 Å². The second-order valence-electron chi connectivity index (χ2n) is 14.4. The Labute approximate surface area is 261 Å². The van der Waals surface area contributed by atoms with Crippen LogP contribution in [0, 0.1) is 23.2 Å². The molecule has 240 valence electrons. The lowest BCUT2D eigenvalue weighted by molar-refractivity contribution is -0.199. The molecule has 1 aromatic carbocycles. The molecule has 3 N–H and O–H groups in total. The Kier molecular flexibility index (Phi) is 9.01. The third kappa shape index (κ3) is 5.99. The van der Waals surface area contributed by atoms with Gasteiger partial charge in [0.2, 0.25) is 11.8 Å². The molecule has 7 rings (SSSR count). The number of hydrogen-bond donors (Lipinski definition) is 2. The summed E-state index contributed by atoms with van der Waals surface area (Å²) in [6, 6.07) is 9.35. The van der Waals surface area contributed by atoms with Crippen LogP contribution < -0.4 is 11.1 Å². The van der Waals surface area contributed by atoms with Gasteiger partial charge >= 0.3 is 13.1 Å². The first-order valence-electron chi connectivity index (χ1n) is 16.7. The number of carbonyl (C=O) groups is 3. The summed E-state index contributed by atoms with van der Waals surface area (Å²) in [6.07, 6.45) is 5.88. The molecule has 4 amide bonds. The molecular formula is C33H49BN4O6. The molecule has 10 nitrogen and oxygen atoms in total. The van der Waals surface area contributed by atoms with E-state index in [1.54, 1.807) is 9.80 Å². The fraction of sp³-hybridized carbons (Fsp3) is 0.727. The van der Waals surface area contributed by atoms with E-state index in [-0.39, 0.29) is 29.8 Å². The van der Waals surface area contributed by atoms with E-state index in [0.717, 1.165) is 32.1 Å². The van der Waals surface area contributed by atoms with E-state index < -0.39 is 36.7 Å². The van der Waals surface area contributed by atoms with Gasteiger partial charge in [-0.05, 0) is 74.7 Å². The molecule has 0 aromatic heterocycles. The number of ether oxygens (including phenoxy) is 1. The topological polar surface area (TPSA) is 123 Å². The highest BCUT2D eigenvalue weighted by Crippen LogP contribution is 2.65.